The maximum Gasteiger partial charge on any atom is 0.320 e. The van der Waals surface area contributed by atoms with Crippen molar-refractivity contribution in [2.45, 2.75) is 43.2 Å². The van der Waals surface area contributed by atoms with Crippen molar-refractivity contribution < 1.29 is 39.8 Å². The summed E-state index contributed by atoms with van der Waals surface area (Å²) in [5, 5.41) is 47.2. The number of aliphatic hydroxyl groups excluding tert-OH is 4. The number of nitrogens with two attached hydrogens (primary N) is 1. The van der Waals surface area contributed by atoms with Crippen molar-refractivity contribution in [3.8, 4) is 5.75 Å². The third-order valence-electron chi connectivity index (χ3n) is 3.80. The van der Waals surface area contributed by atoms with E-state index in [1.807, 2.05) is 0 Å². The third-order valence-corrected chi connectivity index (χ3v) is 3.80. The lowest BCUT2D eigenvalue weighted by molar-refractivity contribution is -0.277. The Kier molecular flexibility index (Phi) is 6.10. The van der Waals surface area contributed by atoms with Crippen LogP contribution < -0.4 is 10.5 Å². The Morgan fingerprint density at radius 1 is 1.17 bits per heavy atom. The Bertz CT molecular complexity index is 549. The summed E-state index contributed by atoms with van der Waals surface area (Å²) in [6.07, 6.45) is -6.65. The van der Waals surface area contributed by atoms with Gasteiger partial charge in [0.25, 0.3) is 0 Å². The van der Waals surface area contributed by atoms with Crippen molar-refractivity contribution in [1.29, 1.82) is 0 Å². The van der Waals surface area contributed by atoms with Gasteiger partial charge >= 0.3 is 5.97 Å². The van der Waals surface area contributed by atoms with E-state index in [0.29, 0.717) is 11.3 Å². The Labute approximate surface area is 137 Å². The van der Waals surface area contributed by atoms with Crippen molar-refractivity contribution in [2.75, 3.05) is 6.61 Å². The molecular formula is C15H21NO8. The van der Waals surface area contributed by atoms with Gasteiger partial charge in [-0.2, -0.15) is 0 Å². The number of rotatable bonds is 6. The summed E-state index contributed by atoms with van der Waals surface area (Å²) in [7, 11) is 0. The monoisotopic (exact) mass is 343 g/mol. The number of aliphatic hydroxyl groups is 4. The molecule has 2 rings (SSSR count). The molecule has 6 atom stereocenters. The largest absolute Gasteiger partial charge is 0.480 e. The smallest absolute Gasteiger partial charge is 0.320 e. The first-order valence-electron chi connectivity index (χ1n) is 7.38. The summed E-state index contributed by atoms with van der Waals surface area (Å²) in [6.45, 7) is -0.545. The van der Waals surface area contributed by atoms with Crippen molar-refractivity contribution in [2.24, 2.45) is 5.73 Å². The molecule has 0 amide bonds. The molecule has 134 valence electrons. The van der Waals surface area contributed by atoms with E-state index < -0.39 is 49.3 Å². The molecule has 0 bridgehead atoms. The molecular weight excluding hydrogens is 322 g/mol. The molecule has 1 saturated heterocycles. The summed E-state index contributed by atoms with van der Waals surface area (Å²) in [5.74, 6) is -0.802. The maximum atomic E-state index is 10.7. The van der Waals surface area contributed by atoms with Crippen LogP contribution in [0.25, 0.3) is 0 Å². The van der Waals surface area contributed by atoms with E-state index in [4.69, 9.17) is 25.4 Å². The number of carboxylic acids is 1. The van der Waals surface area contributed by atoms with Crippen molar-refractivity contribution >= 4 is 5.97 Å². The number of hydrogen-bond acceptors (Lipinski definition) is 8. The lowest BCUT2D eigenvalue weighted by Crippen LogP contribution is -2.60. The second-order valence-corrected chi connectivity index (χ2v) is 5.61. The summed E-state index contributed by atoms with van der Waals surface area (Å²) >= 11 is 0. The van der Waals surface area contributed by atoms with Gasteiger partial charge < -0.3 is 40.7 Å². The number of benzene rings is 1. The van der Waals surface area contributed by atoms with E-state index in [2.05, 4.69) is 0 Å². The van der Waals surface area contributed by atoms with Gasteiger partial charge in [0.2, 0.25) is 6.29 Å². The van der Waals surface area contributed by atoms with Crippen LogP contribution in [0.2, 0.25) is 0 Å². The predicted octanol–water partition coefficient (Wildman–Crippen LogP) is -2.18. The standard InChI is InChI=1S/C15H21NO8/c16-9(14(21)22)5-7-1-3-8(4-2-7)23-15-13(20)12(19)11(18)10(6-17)24-15/h1-4,9-13,15,17-20H,5-6,16H2,(H,21,22)/t9-,10+,11?,12?,13+,15+/m0/s1. The molecule has 1 aliphatic heterocycles. The van der Waals surface area contributed by atoms with Crippen LogP contribution in [0.15, 0.2) is 24.3 Å². The average molecular weight is 343 g/mol. The highest BCUT2D eigenvalue weighted by molar-refractivity contribution is 5.73. The number of hydrogen-bond donors (Lipinski definition) is 6. The normalized spacial score (nSPS) is 31.5. The summed E-state index contributed by atoms with van der Waals surface area (Å²) in [5.41, 5.74) is 6.14. The fraction of sp³-hybridized carbons (Fsp3) is 0.533. The SMILES string of the molecule is N[C@@H](Cc1ccc(O[C@@H]2O[C@H](CO)C(O)C(O)[C@H]2O)cc1)C(=O)O. The van der Waals surface area contributed by atoms with Gasteiger partial charge in [0.15, 0.2) is 0 Å². The van der Waals surface area contributed by atoms with E-state index in [9.17, 15) is 20.1 Å². The highest BCUT2D eigenvalue weighted by Gasteiger charge is 2.44. The zero-order valence-electron chi connectivity index (χ0n) is 12.7. The Balaban J connectivity index is 2.01. The van der Waals surface area contributed by atoms with Crippen LogP contribution >= 0.6 is 0 Å². The molecule has 1 aromatic rings. The van der Waals surface area contributed by atoms with Crippen LogP contribution in [0.1, 0.15) is 5.56 Å². The van der Waals surface area contributed by atoms with Crippen LogP contribution in [-0.2, 0) is 16.0 Å². The number of carbonyl (C=O) groups is 1. The van der Waals surface area contributed by atoms with Crippen LogP contribution in [0.3, 0.4) is 0 Å². The third kappa shape index (κ3) is 4.20. The highest BCUT2D eigenvalue weighted by atomic mass is 16.7. The molecule has 0 aliphatic carbocycles. The molecule has 0 spiro atoms. The number of aliphatic carboxylic acids is 1. The van der Waals surface area contributed by atoms with Gasteiger partial charge in [-0.15, -0.1) is 0 Å². The summed E-state index contributed by atoms with van der Waals surface area (Å²) in [6, 6.07) is 5.28. The van der Waals surface area contributed by atoms with E-state index in [1.54, 1.807) is 12.1 Å². The molecule has 2 unspecified atom stereocenters. The highest BCUT2D eigenvalue weighted by Crippen LogP contribution is 2.24. The van der Waals surface area contributed by atoms with Crippen molar-refractivity contribution in [1.82, 2.24) is 0 Å². The quantitative estimate of drug-likeness (QED) is 0.337. The Morgan fingerprint density at radius 3 is 2.33 bits per heavy atom. The molecule has 0 radical (unpaired) electrons. The van der Waals surface area contributed by atoms with Gasteiger partial charge in [-0.05, 0) is 24.1 Å². The molecule has 9 heteroatoms. The zero-order valence-corrected chi connectivity index (χ0v) is 12.7. The minimum absolute atomic E-state index is 0.148. The Morgan fingerprint density at radius 2 is 1.79 bits per heavy atom. The lowest BCUT2D eigenvalue weighted by atomic mass is 9.99. The predicted molar refractivity (Wildman–Crippen MR) is 80.2 cm³/mol. The summed E-state index contributed by atoms with van der Waals surface area (Å²) < 4.78 is 10.7. The van der Waals surface area contributed by atoms with Gasteiger partial charge in [0.1, 0.15) is 36.2 Å². The maximum absolute atomic E-state index is 10.7. The van der Waals surface area contributed by atoms with E-state index in [0.717, 1.165) is 0 Å². The zero-order chi connectivity index (χ0) is 17.9. The molecule has 7 N–H and O–H groups in total. The second-order valence-electron chi connectivity index (χ2n) is 5.61. The average Bonchev–Trinajstić information content (AvgIpc) is 2.56. The van der Waals surface area contributed by atoms with E-state index in [-0.39, 0.29) is 6.42 Å². The van der Waals surface area contributed by atoms with Gasteiger partial charge in [0, 0.05) is 0 Å². The minimum atomic E-state index is -1.52. The fourth-order valence-electron chi connectivity index (χ4n) is 2.34. The van der Waals surface area contributed by atoms with E-state index in [1.165, 1.54) is 12.1 Å². The van der Waals surface area contributed by atoms with Gasteiger partial charge in [-0.1, -0.05) is 12.1 Å². The Hall–Kier alpha value is -1.75. The molecule has 1 fully saturated rings. The van der Waals surface area contributed by atoms with E-state index >= 15 is 0 Å². The first-order chi connectivity index (χ1) is 11.3. The summed E-state index contributed by atoms with van der Waals surface area (Å²) in [4.78, 5) is 10.7. The molecule has 1 aliphatic rings. The van der Waals surface area contributed by atoms with Crippen LogP contribution in [0.4, 0.5) is 0 Å². The number of carboxylic acid groups (broad SMARTS) is 1. The van der Waals surface area contributed by atoms with Crippen molar-refractivity contribution in [3.05, 3.63) is 29.8 Å². The van der Waals surface area contributed by atoms with Crippen LogP contribution in [0, 0.1) is 0 Å². The first-order valence-corrected chi connectivity index (χ1v) is 7.38. The molecule has 0 aromatic heterocycles. The fourth-order valence-corrected chi connectivity index (χ4v) is 2.34. The molecule has 0 saturated carbocycles. The molecule has 9 nitrogen and oxygen atoms in total. The first kappa shape index (κ1) is 18.6. The van der Waals surface area contributed by atoms with Gasteiger partial charge in [-0.3, -0.25) is 4.79 Å². The second kappa shape index (κ2) is 7.88. The molecule has 1 heterocycles. The molecule has 1 aromatic carbocycles. The number of ether oxygens (including phenoxy) is 2. The van der Waals surface area contributed by atoms with Crippen LogP contribution in [-0.4, -0.2) is 74.9 Å². The topological polar surface area (TPSA) is 163 Å². The van der Waals surface area contributed by atoms with Gasteiger partial charge in [0.05, 0.1) is 6.61 Å². The molecule has 24 heavy (non-hydrogen) atoms. The lowest BCUT2D eigenvalue weighted by Gasteiger charge is -2.39. The van der Waals surface area contributed by atoms with Gasteiger partial charge in [-0.25, -0.2) is 0 Å². The van der Waals surface area contributed by atoms with Crippen LogP contribution in [0.5, 0.6) is 5.75 Å². The minimum Gasteiger partial charge on any atom is -0.480 e. The van der Waals surface area contributed by atoms with Crippen molar-refractivity contribution in [3.63, 3.8) is 0 Å².